The molecule has 4 nitrogen and oxygen atoms in total. The third-order valence-electron chi connectivity index (χ3n) is 3.13. The van der Waals surface area contributed by atoms with E-state index in [1.54, 1.807) is 0 Å². The number of nitrogens with one attached hydrogen (secondary N) is 2. The fraction of sp³-hybridized carbons (Fsp3) is 0.600. The fourth-order valence-corrected chi connectivity index (χ4v) is 3.42. The van der Waals surface area contributed by atoms with Crippen LogP contribution in [0.4, 0.5) is 13.2 Å². The molecule has 0 aliphatic carbocycles. The Balaban J connectivity index is 0.000000816. The molecule has 0 saturated carbocycles. The summed E-state index contributed by atoms with van der Waals surface area (Å²) in [4.78, 5) is -0.356. The molecule has 0 radical (unpaired) electrons. The summed E-state index contributed by atoms with van der Waals surface area (Å²) in [6.07, 6.45) is -2.06. The molecule has 1 heterocycles. The van der Waals surface area contributed by atoms with E-state index in [0.717, 1.165) is 12.1 Å². The standard InChI is InChI=1S/C12H15F3N2O2S.C3H8/c13-12(14,15)9-2-1-3-11(8-9)20(18,19)17-10-4-6-16-7-5-10;1-3-2/h1-3,8,10,16-17H,4-7H2;3H2,1-2H3. The first-order valence-corrected chi connectivity index (χ1v) is 9.09. The minimum absolute atomic E-state index is 0.240. The first-order chi connectivity index (χ1) is 10.7. The zero-order valence-electron chi connectivity index (χ0n) is 13.3. The summed E-state index contributed by atoms with van der Waals surface area (Å²) >= 11 is 0. The second kappa shape index (κ2) is 8.65. The third kappa shape index (κ3) is 6.48. The molecule has 1 fully saturated rings. The van der Waals surface area contributed by atoms with Crippen LogP contribution >= 0.6 is 0 Å². The van der Waals surface area contributed by atoms with Gasteiger partial charge in [-0.15, -0.1) is 0 Å². The van der Waals surface area contributed by atoms with Gasteiger partial charge in [-0.05, 0) is 44.1 Å². The zero-order chi connectivity index (χ0) is 17.5. The molecule has 1 aliphatic rings. The van der Waals surface area contributed by atoms with Gasteiger partial charge in [0.2, 0.25) is 10.0 Å². The molecule has 23 heavy (non-hydrogen) atoms. The second-order valence-corrected chi connectivity index (χ2v) is 7.09. The summed E-state index contributed by atoms with van der Waals surface area (Å²) in [7, 11) is -3.92. The maximum absolute atomic E-state index is 12.6. The van der Waals surface area contributed by atoms with E-state index in [4.69, 9.17) is 0 Å². The predicted octanol–water partition coefficient (Wildman–Crippen LogP) is 3.15. The van der Waals surface area contributed by atoms with E-state index in [1.807, 2.05) is 0 Å². The molecule has 8 heteroatoms. The van der Waals surface area contributed by atoms with Crippen molar-refractivity contribution in [2.75, 3.05) is 13.1 Å². The number of hydrogen-bond donors (Lipinski definition) is 2. The van der Waals surface area contributed by atoms with Crippen LogP contribution in [0.3, 0.4) is 0 Å². The van der Waals surface area contributed by atoms with Gasteiger partial charge in [0.25, 0.3) is 0 Å². The lowest BCUT2D eigenvalue weighted by Gasteiger charge is -2.23. The Kier molecular flexibility index (Phi) is 7.50. The number of halogens is 3. The minimum Gasteiger partial charge on any atom is -0.317 e. The van der Waals surface area contributed by atoms with Gasteiger partial charge < -0.3 is 5.32 Å². The van der Waals surface area contributed by atoms with Crippen LogP contribution in [0.2, 0.25) is 0 Å². The molecule has 0 atom stereocenters. The molecule has 0 bridgehead atoms. The van der Waals surface area contributed by atoms with E-state index in [1.165, 1.54) is 12.5 Å². The van der Waals surface area contributed by atoms with Gasteiger partial charge in [0.1, 0.15) is 0 Å². The van der Waals surface area contributed by atoms with E-state index in [2.05, 4.69) is 23.9 Å². The van der Waals surface area contributed by atoms with Crippen molar-refractivity contribution in [1.82, 2.24) is 10.0 Å². The molecule has 1 aromatic carbocycles. The van der Waals surface area contributed by atoms with Crippen LogP contribution in [0, 0.1) is 0 Å². The average Bonchev–Trinajstić information content (AvgIpc) is 2.48. The Morgan fingerprint density at radius 2 is 1.78 bits per heavy atom. The lowest BCUT2D eigenvalue weighted by Crippen LogP contribution is -2.42. The summed E-state index contributed by atoms with van der Waals surface area (Å²) in [6.45, 7) is 5.63. The maximum Gasteiger partial charge on any atom is 0.416 e. The summed E-state index contributed by atoms with van der Waals surface area (Å²) in [5, 5.41) is 3.09. The van der Waals surface area contributed by atoms with Gasteiger partial charge in [-0.3, -0.25) is 0 Å². The summed E-state index contributed by atoms with van der Waals surface area (Å²) < 4.78 is 64.4. The van der Waals surface area contributed by atoms with E-state index in [0.29, 0.717) is 32.0 Å². The molecular weight excluding hydrogens is 329 g/mol. The Labute approximate surface area is 135 Å². The highest BCUT2D eigenvalue weighted by Gasteiger charge is 2.32. The Morgan fingerprint density at radius 1 is 1.22 bits per heavy atom. The van der Waals surface area contributed by atoms with Gasteiger partial charge in [-0.25, -0.2) is 13.1 Å². The van der Waals surface area contributed by atoms with Crippen molar-refractivity contribution in [3.63, 3.8) is 0 Å². The van der Waals surface area contributed by atoms with Crippen molar-refractivity contribution < 1.29 is 21.6 Å². The lowest BCUT2D eigenvalue weighted by molar-refractivity contribution is -0.137. The summed E-state index contributed by atoms with van der Waals surface area (Å²) in [5.74, 6) is 0. The minimum atomic E-state index is -4.56. The molecule has 0 unspecified atom stereocenters. The van der Waals surface area contributed by atoms with E-state index >= 15 is 0 Å². The van der Waals surface area contributed by atoms with Crippen molar-refractivity contribution in [3.8, 4) is 0 Å². The molecule has 1 aliphatic heterocycles. The number of hydrogen-bond acceptors (Lipinski definition) is 3. The van der Waals surface area contributed by atoms with E-state index < -0.39 is 21.8 Å². The molecule has 2 rings (SSSR count). The molecule has 0 aromatic heterocycles. The quantitative estimate of drug-likeness (QED) is 0.879. The maximum atomic E-state index is 12.6. The number of sulfonamides is 1. The molecule has 132 valence electrons. The topological polar surface area (TPSA) is 58.2 Å². The summed E-state index contributed by atoms with van der Waals surface area (Å²) in [5.41, 5.74) is -0.967. The van der Waals surface area contributed by atoms with Gasteiger partial charge in [0.15, 0.2) is 0 Å². The fourth-order valence-electron chi connectivity index (χ4n) is 2.07. The highest BCUT2D eigenvalue weighted by molar-refractivity contribution is 7.89. The van der Waals surface area contributed by atoms with Gasteiger partial charge in [0, 0.05) is 6.04 Å². The molecule has 0 amide bonds. The number of alkyl halides is 3. The van der Waals surface area contributed by atoms with Crippen LogP contribution in [0.25, 0.3) is 0 Å². The van der Waals surface area contributed by atoms with Crippen LogP contribution in [0.5, 0.6) is 0 Å². The lowest BCUT2D eigenvalue weighted by atomic mass is 10.1. The van der Waals surface area contributed by atoms with Crippen LogP contribution in [0.1, 0.15) is 38.7 Å². The van der Waals surface area contributed by atoms with Crippen molar-refractivity contribution in [1.29, 1.82) is 0 Å². The molecule has 1 aromatic rings. The average molecular weight is 352 g/mol. The van der Waals surface area contributed by atoms with Gasteiger partial charge in [0.05, 0.1) is 10.5 Å². The van der Waals surface area contributed by atoms with Crippen LogP contribution < -0.4 is 10.0 Å². The van der Waals surface area contributed by atoms with Gasteiger partial charge in [-0.2, -0.15) is 13.2 Å². The smallest absolute Gasteiger partial charge is 0.317 e. The van der Waals surface area contributed by atoms with Gasteiger partial charge >= 0.3 is 6.18 Å². The molecule has 1 saturated heterocycles. The Morgan fingerprint density at radius 3 is 2.30 bits per heavy atom. The SMILES string of the molecule is CCC.O=S(=O)(NC1CCNCC1)c1cccc(C(F)(F)F)c1. The highest BCUT2D eigenvalue weighted by atomic mass is 32.2. The van der Waals surface area contributed by atoms with Crippen molar-refractivity contribution in [2.24, 2.45) is 0 Å². The Hall–Kier alpha value is -1.12. The number of piperidine rings is 1. The molecule has 0 spiro atoms. The first-order valence-electron chi connectivity index (χ1n) is 7.61. The molecule has 2 N–H and O–H groups in total. The van der Waals surface area contributed by atoms with E-state index in [-0.39, 0.29) is 10.9 Å². The van der Waals surface area contributed by atoms with Crippen LogP contribution in [-0.4, -0.2) is 27.5 Å². The predicted molar refractivity (Wildman–Crippen MR) is 83.6 cm³/mol. The highest BCUT2D eigenvalue weighted by Crippen LogP contribution is 2.30. The first kappa shape index (κ1) is 19.9. The van der Waals surface area contributed by atoms with Crippen molar-refractivity contribution >= 4 is 10.0 Å². The molecular formula is C15H23F3N2O2S. The second-order valence-electron chi connectivity index (χ2n) is 5.38. The monoisotopic (exact) mass is 352 g/mol. The van der Waals surface area contributed by atoms with E-state index in [9.17, 15) is 21.6 Å². The van der Waals surface area contributed by atoms with Crippen LogP contribution in [-0.2, 0) is 16.2 Å². The van der Waals surface area contributed by atoms with Crippen molar-refractivity contribution in [3.05, 3.63) is 29.8 Å². The number of rotatable bonds is 3. The zero-order valence-corrected chi connectivity index (χ0v) is 14.1. The Bertz CT molecular complexity index is 583. The largest absolute Gasteiger partial charge is 0.416 e. The summed E-state index contributed by atoms with van der Waals surface area (Å²) in [6, 6.07) is 3.53. The van der Waals surface area contributed by atoms with Crippen molar-refractivity contribution in [2.45, 2.75) is 50.2 Å². The van der Waals surface area contributed by atoms with Crippen LogP contribution in [0.15, 0.2) is 29.2 Å². The number of benzene rings is 1. The van der Waals surface area contributed by atoms with Gasteiger partial charge in [-0.1, -0.05) is 26.3 Å². The third-order valence-corrected chi connectivity index (χ3v) is 4.65. The normalized spacial score (nSPS) is 16.6.